The van der Waals surface area contributed by atoms with Crippen molar-refractivity contribution >= 4 is 23.3 Å². The predicted molar refractivity (Wildman–Crippen MR) is 89.3 cm³/mol. The minimum absolute atomic E-state index is 0.0396. The summed E-state index contributed by atoms with van der Waals surface area (Å²) in [6.07, 6.45) is -1.86. The normalized spacial score (nSPS) is 19.7. The standard InChI is InChI=1S/C16H18ClF3N4O2/c1-2-3-6-21-15(25)13-12(17)14-22-9(10-5-4-7-26-10)8-11(16(18,19)20)24(14)23-13/h4-5,7,9,11,22H,2-3,6,8H2,1H3,(H,21,25)/t9-,11-/m0/s1. The molecular formula is C16H18ClF3N4O2. The van der Waals surface area contributed by atoms with Crippen LogP contribution in [-0.2, 0) is 0 Å². The number of furan rings is 1. The van der Waals surface area contributed by atoms with Gasteiger partial charge in [-0.05, 0) is 18.6 Å². The van der Waals surface area contributed by atoms with Gasteiger partial charge in [0.25, 0.3) is 5.91 Å². The molecule has 0 radical (unpaired) electrons. The van der Waals surface area contributed by atoms with Crippen molar-refractivity contribution in [3.05, 3.63) is 34.9 Å². The number of fused-ring (bicyclic) bond motifs is 1. The van der Waals surface area contributed by atoms with Gasteiger partial charge in [-0.1, -0.05) is 24.9 Å². The molecule has 0 aromatic carbocycles. The monoisotopic (exact) mass is 390 g/mol. The quantitative estimate of drug-likeness (QED) is 0.746. The number of amides is 1. The van der Waals surface area contributed by atoms with Crippen molar-refractivity contribution in [2.75, 3.05) is 11.9 Å². The highest BCUT2D eigenvalue weighted by atomic mass is 35.5. The number of hydrogen-bond acceptors (Lipinski definition) is 4. The number of carbonyl (C=O) groups is 1. The van der Waals surface area contributed by atoms with Crippen molar-refractivity contribution < 1.29 is 22.4 Å². The lowest BCUT2D eigenvalue weighted by molar-refractivity contribution is -0.174. The zero-order chi connectivity index (χ0) is 18.9. The lowest BCUT2D eigenvalue weighted by atomic mass is 10.0. The summed E-state index contributed by atoms with van der Waals surface area (Å²) >= 11 is 6.19. The Morgan fingerprint density at radius 2 is 2.31 bits per heavy atom. The molecule has 0 saturated heterocycles. The lowest BCUT2D eigenvalue weighted by Crippen LogP contribution is -2.35. The fraction of sp³-hybridized carbons (Fsp3) is 0.500. The number of hydrogen-bond donors (Lipinski definition) is 2. The van der Waals surface area contributed by atoms with Crippen molar-refractivity contribution in [2.24, 2.45) is 0 Å². The molecule has 2 aromatic heterocycles. The fourth-order valence-electron chi connectivity index (χ4n) is 2.87. The summed E-state index contributed by atoms with van der Waals surface area (Å²) in [4.78, 5) is 12.2. The molecular weight excluding hydrogens is 373 g/mol. The van der Waals surface area contributed by atoms with E-state index in [9.17, 15) is 18.0 Å². The van der Waals surface area contributed by atoms with Crippen molar-refractivity contribution in [2.45, 2.75) is 44.4 Å². The Morgan fingerprint density at radius 3 is 2.92 bits per heavy atom. The van der Waals surface area contributed by atoms with Gasteiger partial charge in [0.1, 0.15) is 16.6 Å². The minimum Gasteiger partial charge on any atom is -0.467 e. The van der Waals surface area contributed by atoms with E-state index in [0.717, 1.165) is 17.5 Å². The van der Waals surface area contributed by atoms with E-state index in [4.69, 9.17) is 16.0 Å². The van der Waals surface area contributed by atoms with Gasteiger partial charge in [0.2, 0.25) is 0 Å². The summed E-state index contributed by atoms with van der Waals surface area (Å²) < 4.78 is 46.7. The third kappa shape index (κ3) is 3.53. The molecule has 0 unspecified atom stereocenters. The number of anilines is 1. The van der Waals surface area contributed by atoms with Crippen LogP contribution in [-0.4, -0.2) is 28.4 Å². The largest absolute Gasteiger partial charge is 0.467 e. The van der Waals surface area contributed by atoms with Crippen LogP contribution in [0.5, 0.6) is 0 Å². The molecule has 2 N–H and O–H groups in total. The van der Waals surface area contributed by atoms with Crippen LogP contribution >= 0.6 is 11.6 Å². The second-order valence-electron chi connectivity index (χ2n) is 6.07. The van der Waals surface area contributed by atoms with Gasteiger partial charge in [0.15, 0.2) is 11.7 Å². The van der Waals surface area contributed by atoms with Gasteiger partial charge in [-0.25, -0.2) is 4.68 Å². The van der Waals surface area contributed by atoms with E-state index < -0.39 is 24.2 Å². The van der Waals surface area contributed by atoms with E-state index in [2.05, 4.69) is 15.7 Å². The second kappa shape index (κ2) is 7.22. The Hall–Kier alpha value is -2.16. The zero-order valence-electron chi connectivity index (χ0n) is 13.9. The number of unbranched alkanes of at least 4 members (excludes halogenated alkanes) is 1. The summed E-state index contributed by atoms with van der Waals surface area (Å²) in [5, 5.41) is 9.24. The zero-order valence-corrected chi connectivity index (χ0v) is 14.7. The highest BCUT2D eigenvalue weighted by molar-refractivity contribution is 6.36. The highest BCUT2D eigenvalue weighted by Crippen LogP contribution is 2.46. The van der Waals surface area contributed by atoms with Gasteiger partial charge in [-0.3, -0.25) is 4.79 Å². The average Bonchev–Trinajstić information content (AvgIpc) is 3.22. The first kappa shape index (κ1) is 18.6. The predicted octanol–water partition coefficient (Wildman–Crippen LogP) is 4.32. The Morgan fingerprint density at radius 1 is 1.54 bits per heavy atom. The van der Waals surface area contributed by atoms with Gasteiger partial charge < -0.3 is 15.1 Å². The Kier molecular flexibility index (Phi) is 5.17. The third-order valence-corrected chi connectivity index (χ3v) is 4.57. The van der Waals surface area contributed by atoms with E-state index in [0.29, 0.717) is 12.3 Å². The molecule has 6 nitrogen and oxygen atoms in total. The first-order chi connectivity index (χ1) is 12.3. The maximum atomic E-state index is 13.6. The first-order valence-corrected chi connectivity index (χ1v) is 8.63. The Balaban J connectivity index is 1.95. The molecule has 0 fully saturated rings. The number of nitrogens with one attached hydrogen (secondary N) is 2. The molecule has 3 heterocycles. The maximum Gasteiger partial charge on any atom is 0.410 e. The van der Waals surface area contributed by atoms with Crippen molar-refractivity contribution in [3.8, 4) is 0 Å². The molecule has 1 amide bonds. The lowest BCUT2D eigenvalue weighted by Gasteiger charge is -2.32. The number of rotatable bonds is 5. The Bertz CT molecular complexity index is 773. The van der Waals surface area contributed by atoms with Crippen molar-refractivity contribution in [1.82, 2.24) is 15.1 Å². The summed E-state index contributed by atoms with van der Waals surface area (Å²) in [5.74, 6) is -0.276. The molecule has 1 aliphatic heterocycles. The van der Waals surface area contributed by atoms with E-state index >= 15 is 0 Å². The smallest absolute Gasteiger partial charge is 0.410 e. The molecule has 2 atom stereocenters. The average molecular weight is 391 g/mol. The summed E-state index contributed by atoms with van der Waals surface area (Å²) in [7, 11) is 0. The molecule has 1 aliphatic rings. The minimum atomic E-state index is -4.55. The third-order valence-electron chi connectivity index (χ3n) is 4.21. The SMILES string of the molecule is CCCCNC(=O)c1nn2c(c1Cl)N[C@H](c1ccco1)C[C@H]2C(F)(F)F. The van der Waals surface area contributed by atoms with Gasteiger partial charge in [0.05, 0.1) is 12.3 Å². The molecule has 0 spiro atoms. The maximum absolute atomic E-state index is 13.6. The van der Waals surface area contributed by atoms with Crippen LogP contribution in [0.1, 0.15) is 54.5 Å². The molecule has 26 heavy (non-hydrogen) atoms. The van der Waals surface area contributed by atoms with E-state index in [1.807, 2.05) is 6.92 Å². The molecule has 142 valence electrons. The highest BCUT2D eigenvalue weighted by Gasteiger charge is 2.48. The molecule has 3 rings (SSSR count). The first-order valence-electron chi connectivity index (χ1n) is 8.25. The Labute approximate surface area is 152 Å². The summed E-state index contributed by atoms with van der Waals surface area (Å²) in [6, 6.07) is 0.543. The number of aromatic nitrogens is 2. The molecule has 0 aliphatic carbocycles. The number of nitrogens with zero attached hydrogens (tertiary/aromatic N) is 2. The molecule has 0 bridgehead atoms. The molecule has 0 saturated carbocycles. The van der Waals surface area contributed by atoms with Crippen LogP contribution in [0.25, 0.3) is 0 Å². The van der Waals surface area contributed by atoms with Crippen LogP contribution < -0.4 is 10.6 Å². The van der Waals surface area contributed by atoms with Gasteiger partial charge in [0, 0.05) is 13.0 Å². The van der Waals surface area contributed by atoms with Crippen LogP contribution in [0.4, 0.5) is 19.0 Å². The van der Waals surface area contributed by atoms with Crippen LogP contribution in [0.3, 0.4) is 0 Å². The van der Waals surface area contributed by atoms with E-state index in [-0.39, 0.29) is 23.0 Å². The van der Waals surface area contributed by atoms with Crippen LogP contribution in [0.2, 0.25) is 5.02 Å². The number of halogens is 4. The van der Waals surface area contributed by atoms with E-state index in [1.165, 1.54) is 6.26 Å². The van der Waals surface area contributed by atoms with E-state index in [1.54, 1.807) is 12.1 Å². The molecule has 2 aromatic rings. The summed E-state index contributed by atoms with van der Waals surface area (Å²) in [5.41, 5.74) is -0.223. The number of alkyl halides is 3. The molecule has 10 heteroatoms. The second-order valence-corrected chi connectivity index (χ2v) is 6.45. The van der Waals surface area contributed by atoms with Crippen molar-refractivity contribution in [3.63, 3.8) is 0 Å². The van der Waals surface area contributed by atoms with Gasteiger partial charge in [-0.15, -0.1) is 0 Å². The van der Waals surface area contributed by atoms with Crippen LogP contribution in [0, 0.1) is 0 Å². The number of carbonyl (C=O) groups excluding carboxylic acids is 1. The topological polar surface area (TPSA) is 72.1 Å². The fourth-order valence-corrected chi connectivity index (χ4v) is 3.14. The van der Waals surface area contributed by atoms with Gasteiger partial charge in [-0.2, -0.15) is 18.3 Å². The van der Waals surface area contributed by atoms with Crippen molar-refractivity contribution in [1.29, 1.82) is 0 Å². The van der Waals surface area contributed by atoms with Crippen LogP contribution in [0.15, 0.2) is 22.8 Å². The van der Waals surface area contributed by atoms with Gasteiger partial charge >= 0.3 is 6.18 Å². The summed E-state index contributed by atoms with van der Waals surface area (Å²) in [6.45, 7) is 2.36.